The summed E-state index contributed by atoms with van der Waals surface area (Å²) >= 11 is 0. The molecule has 0 aromatic heterocycles. The van der Waals surface area contributed by atoms with E-state index in [0.717, 1.165) is 23.6 Å². The molecule has 2 rings (SSSR count). The zero-order valence-corrected chi connectivity index (χ0v) is 8.29. The monoisotopic (exact) mass is 185 g/mol. The minimum Gasteiger partial charge on any atom is -0.289 e. The maximum atomic E-state index is 11.7. The molecule has 0 saturated carbocycles. The standard InChI is InChI=1S/C13H13O/c1-2-5-10-6-3-7-11-8-4-9-12(14)13(10)11/h3-4,6-9H,2,5H2,1H3. The fraction of sp³-hybridized carbons (Fsp3) is 0.231. The van der Waals surface area contributed by atoms with Crippen molar-refractivity contribution in [2.75, 3.05) is 0 Å². The van der Waals surface area contributed by atoms with E-state index in [4.69, 9.17) is 0 Å². The molecular weight excluding hydrogens is 172 g/mol. The van der Waals surface area contributed by atoms with Crippen LogP contribution in [0.25, 0.3) is 10.8 Å². The van der Waals surface area contributed by atoms with Crippen LogP contribution in [0.1, 0.15) is 18.9 Å². The molecule has 0 amide bonds. The van der Waals surface area contributed by atoms with Gasteiger partial charge >= 0.3 is 0 Å². The van der Waals surface area contributed by atoms with Gasteiger partial charge in [0.05, 0.1) is 0 Å². The number of fused-ring (bicyclic) bond motifs is 1. The fourth-order valence-electron chi connectivity index (χ4n) is 1.86. The van der Waals surface area contributed by atoms with Crippen LogP contribution < -0.4 is 0 Å². The third-order valence-corrected chi connectivity index (χ3v) is 2.47. The van der Waals surface area contributed by atoms with Crippen LogP contribution in [0, 0.1) is 0 Å². The van der Waals surface area contributed by atoms with Crippen LogP contribution in [0.5, 0.6) is 5.75 Å². The highest BCUT2D eigenvalue weighted by Gasteiger charge is 2.05. The highest BCUT2D eigenvalue weighted by Crippen LogP contribution is 2.28. The zero-order chi connectivity index (χ0) is 9.97. The summed E-state index contributed by atoms with van der Waals surface area (Å²) in [5, 5.41) is 13.6. The van der Waals surface area contributed by atoms with Gasteiger partial charge in [0, 0.05) is 5.39 Å². The van der Waals surface area contributed by atoms with E-state index in [9.17, 15) is 5.11 Å². The van der Waals surface area contributed by atoms with Crippen molar-refractivity contribution in [3.05, 3.63) is 42.0 Å². The van der Waals surface area contributed by atoms with Crippen LogP contribution in [-0.4, -0.2) is 0 Å². The summed E-state index contributed by atoms with van der Waals surface area (Å²) in [6.07, 6.45) is 2.06. The van der Waals surface area contributed by atoms with Gasteiger partial charge in [0.25, 0.3) is 0 Å². The van der Waals surface area contributed by atoms with Crippen LogP contribution in [0.2, 0.25) is 0 Å². The van der Waals surface area contributed by atoms with Crippen LogP contribution in [0.4, 0.5) is 0 Å². The van der Waals surface area contributed by atoms with E-state index in [-0.39, 0.29) is 5.75 Å². The molecule has 0 aliphatic rings. The van der Waals surface area contributed by atoms with E-state index in [1.54, 1.807) is 6.07 Å². The van der Waals surface area contributed by atoms with Crippen LogP contribution in [0.15, 0.2) is 36.4 Å². The Hall–Kier alpha value is -1.50. The van der Waals surface area contributed by atoms with Crippen LogP contribution in [-0.2, 0) is 11.5 Å². The quantitative estimate of drug-likeness (QED) is 0.675. The number of benzene rings is 2. The smallest absolute Gasteiger partial charge is 0.186 e. The molecule has 0 unspecified atom stereocenters. The number of hydrogen-bond donors (Lipinski definition) is 0. The van der Waals surface area contributed by atoms with Gasteiger partial charge in [0.15, 0.2) is 5.75 Å². The first-order valence-corrected chi connectivity index (χ1v) is 5.00. The van der Waals surface area contributed by atoms with Gasteiger partial charge in [0.1, 0.15) is 0 Å². The second kappa shape index (κ2) is 3.70. The summed E-state index contributed by atoms with van der Waals surface area (Å²) in [7, 11) is 0. The first-order valence-electron chi connectivity index (χ1n) is 5.00. The average molecular weight is 185 g/mol. The average Bonchev–Trinajstić information content (AvgIpc) is 2.19. The maximum absolute atomic E-state index is 11.7. The Labute approximate surface area is 84.0 Å². The van der Waals surface area contributed by atoms with Crippen molar-refractivity contribution in [3.63, 3.8) is 0 Å². The lowest BCUT2D eigenvalue weighted by atomic mass is 10.0. The third kappa shape index (κ3) is 1.46. The van der Waals surface area contributed by atoms with Crippen molar-refractivity contribution in [3.8, 4) is 5.75 Å². The van der Waals surface area contributed by atoms with Crippen LogP contribution in [0.3, 0.4) is 0 Å². The van der Waals surface area contributed by atoms with Crippen molar-refractivity contribution in [1.29, 1.82) is 0 Å². The lowest BCUT2D eigenvalue weighted by molar-refractivity contribution is 0.360. The van der Waals surface area contributed by atoms with Gasteiger partial charge in [-0.2, -0.15) is 0 Å². The Morgan fingerprint density at radius 3 is 2.50 bits per heavy atom. The summed E-state index contributed by atoms with van der Waals surface area (Å²) in [5.74, 6) is 0.145. The normalized spacial score (nSPS) is 10.6. The molecule has 0 aliphatic carbocycles. The SMILES string of the molecule is CCCc1cccc2cccc([O])c12. The fourth-order valence-corrected chi connectivity index (χ4v) is 1.86. The van der Waals surface area contributed by atoms with Gasteiger partial charge < -0.3 is 0 Å². The van der Waals surface area contributed by atoms with Gasteiger partial charge in [0.2, 0.25) is 0 Å². The van der Waals surface area contributed by atoms with Gasteiger partial charge in [-0.1, -0.05) is 43.7 Å². The molecule has 1 radical (unpaired) electrons. The van der Waals surface area contributed by atoms with E-state index in [1.165, 1.54) is 5.56 Å². The van der Waals surface area contributed by atoms with Gasteiger partial charge in [-0.15, -0.1) is 0 Å². The van der Waals surface area contributed by atoms with Gasteiger partial charge in [-0.3, -0.25) is 5.11 Å². The van der Waals surface area contributed by atoms with Gasteiger partial charge in [-0.05, 0) is 23.4 Å². The van der Waals surface area contributed by atoms with Crippen molar-refractivity contribution < 1.29 is 5.11 Å². The lowest BCUT2D eigenvalue weighted by Gasteiger charge is -2.05. The molecule has 14 heavy (non-hydrogen) atoms. The second-order valence-electron chi connectivity index (χ2n) is 3.52. The minimum atomic E-state index is 0.145. The Kier molecular flexibility index (Phi) is 2.40. The highest BCUT2D eigenvalue weighted by molar-refractivity contribution is 5.90. The molecule has 0 spiro atoms. The summed E-state index contributed by atoms with van der Waals surface area (Å²) in [6, 6.07) is 11.5. The topological polar surface area (TPSA) is 19.9 Å². The summed E-state index contributed by atoms with van der Waals surface area (Å²) < 4.78 is 0. The van der Waals surface area contributed by atoms with Crippen molar-refractivity contribution in [2.24, 2.45) is 0 Å². The molecule has 1 nitrogen and oxygen atoms in total. The molecule has 0 N–H and O–H groups in total. The molecule has 0 heterocycles. The first kappa shape index (κ1) is 9.07. The Morgan fingerprint density at radius 2 is 1.79 bits per heavy atom. The Balaban J connectivity index is 2.71. The molecule has 0 aliphatic heterocycles. The van der Waals surface area contributed by atoms with E-state index < -0.39 is 0 Å². The molecule has 1 heteroatoms. The van der Waals surface area contributed by atoms with Crippen molar-refractivity contribution in [2.45, 2.75) is 19.8 Å². The predicted octanol–water partition coefficient (Wildman–Crippen LogP) is 3.94. The van der Waals surface area contributed by atoms with Gasteiger partial charge in [-0.25, -0.2) is 0 Å². The number of rotatable bonds is 2. The highest BCUT2D eigenvalue weighted by atomic mass is 16.3. The largest absolute Gasteiger partial charge is 0.289 e. The molecule has 0 fully saturated rings. The molecule has 0 bridgehead atoms. The minimum absolute atomic E-state index is 0.145. The molecule has 71 valence electrons. The molecule has 2 aromatic rings. The second-order valence-corrected chi connectivity index (χ2v) is 3.52. The van der Waals surface area contributed by atoms with E-state index in [0.29, 0.717) is 0 Å². The first-order chi connectivity index (χ1) is 6.83. The summed E-state index contributed by atoms with van der Waals surface area (Å²) in [5.41, 5.74) is 1.18. The van der Waals surface area contributed by atoms with E-state index in [1.807, 2.05) is 30.3 Å². The van der Waals surface area contributed by atoms with Crippen molar-refractivity contribution in [1.82, 2.24) is 0 Å². The predicted molar refractivity (Wildman–Crippen MR) is 58.1 cm³/mol. The third-order valence-electron chi connectivity index (χ3n) is 2.47. The molecule has 0 atom stereocenters. The zero-order valence-electron chi connectivity index (χ0n) is 8.29. The summed E-state index contributed by atoms with van der Waals surface area (Å²) in [6.45, 7) is 2.13. The Bertz CT molecular complexity index is 441. The summed E-state index contributed by atoms with van der Waals surface area (Å²) in [4.78, 5) is 0. The molecular formula is C13H13O. The Morgan fingerprint density at radius 1 is 1.07 bits per heavy atom. The maximum Gasteiger partial charge on any atom is 0.186 e. The molecule has 0 saturated heterocycles. The van der Waals surface area contributed by atoms with E-state index in [2.05, 4.69) is 6.92 Å². The van der Waals surface area contributed by atoms with Crippen LogP contribution >= 0.6 is 0 Å². The lowest BCUT2D eigenvalue weighted by Crippen LogP contribution is -1.85. The van der Waals surface area contributed by atoms with Crippen molar-refractivity contribution >= 4 is 10.8 Å². The number of hydrogen-bond acceptors (Lipinski definition) is 0. The van der Waals surface area contributed by atoms with E-state index >= 15 is 0 Å². The molecule has 2 aromatic carbocycles. The number of aryl methyl sites for hydroxylation is 1.